The Balaban J connectivity index is 2.14. The zero-order chi connectivity index (χ0) is 24.0. The highest BCUT2D eigenvalue weighted by atomic mass is 19.4. The minimum Gasteiger partial charge on any atom is -0.480 e. The molecule has 1 fully saturated rings. The summed E-state index contributed by atoms with van der Waals surface area (Å²) in [6.45, 7) is 7.48. The standard InChI is InChI=1S/C21H25F4N3O4/c1-6-27-17(12-7-8-12)26-28(19(27)30)15-10-16(31-11(2)21(23,24)25)13(9-14(15)22)18(29)32-20(3,4)5/h9-12H,6-8H2,1-5H3/t11-/m0/s1. The first-order valence-corrected chi connectivity index (χ1v) is 10.2. The number of alkyl halides is 3. The number of rotatable bonds is 6. The average Bonchev–Trinajstić information content (AvgIpc) is 3.44. The van der Waals surface area contributed by atoms with Crippen LogP contribution < -0.4 is 10.4 Å². The van der Waals surface area contributed by atoms with Crippen LogP contribution in [-0.2, 0) is 11.3 Å². The average molecular weight is 459 g/mol. The lowest BCUT2D eigenvalue weighted by molar-refractivity contribution is -0.189. The summed E-state index contributed by atoms with van der Waals surface area (Å²) in [5.74, 6) is -2.08. The summed E-state index contributed by atoms with van der Waals surface area (Å²) in [5, 5.41) is 4.21. The fourth-order valence-electron chi connectivity index (χ4n) is 3.06. The Morgan fingerprint density at radius 1 is 1.25 bits per heavy atom. The molecule has 0 bridgehead atoms. The third-order valence-electron chi connectivity index (χ3n) is 4.81. The molecule has 1 atom stereocenters. The van der Waals surface area contributed by atoms with Crippen molar-refractivity contribution in [3.05, 3.63) is 39.8 Å². The van der Waals surface area contributed by atoms with Crippen LogP contribution in [0.2, 0.25) is 0 Å². The highest BCUT2D eigenvalue weighted by molar-refractivity contribution is 5.93. The molecule has 1 aliphatic rings. The van der Waals surface area contributed by atoms with Crippen LogP contribution >= 0.6 is 0 Å². The van der Waals surface area contributed by atoms with Gasteiger partial charge in [0.05, 0.1) is 0 Å². The molecule has 1 heterocycles. The van der Waals surface area contributed by atoms with E-state index in [9.17, 15) is 22.8 Å². The van der Waals surface area contributed by atoms with E-state index in [1.165, 1.54) is 4.57 Å². The van der Waals surface area contributed by atoms with Gasteiger partial charge in [0.2, 0.25) is 0 Å². The number of benzene rings is 1. The van der Waals surface area contributed by atoms with E-state index in [2.05, 4.69) is 5.10 Å². The second kappa shape index (κ2) is 8.25. The molecule has 1 aliphatic carbocycles. The minimum absolute atomic E-state index is 0.0777. The number of carbonyl (C=O) groups excluding carboxylic acids is 1. The van der Waals surface area contributed by atoms with Crippen LogP contribution in [0.4, 0.5) is 17.6 Å². The molecule has 0 aliphatic heterocycles. The molecule has 11 heteroatoms. The molecule has 0 N–H and O–H groups in total. The van der Waals surface area contributed by atoms with Crippen molar-refractivity contribution in [3.63, 3.8) is 0 Å². The molecule has 7 nitrogen and oxygen atoms in total. The number of ether oxygens (including phenoxy) is 2. The Labute approximate surface area is 181 Å². The number of hydrogen-bond donors (Lipinski definition) is 0. The molecule has 176 valence electrons. The highest BCUT2D eigenvalue weighted by Crippen LogP contribution is 2.39. The van der Waals surface area contributed by atoms with Crippen molar-refractivity contribution in [1.29, 1.82) is 0 Å². The molecular formula is C21H25F4N3O4. The maximum atomic E-state index is 15.0. The van der Waals surface area contributed by atoms with E-state index in [0.717, 1.165) is 30.5 Å². The number of hydrogen-bond acceptors (Lipinski definition) is 5. The van der Waals surface area contributed by atoms with Crippen molar-refractivity contribution in [3.8, 4) is 11.4 Å². The lowest BCUT2D eigenvalue weighted by Gasteiger charge is -2.23. The third-order valence-corrected chi connectivity index (χ3v) is 4.81. The Bertz CT molecular complexity index is 1080. The van der Waals surface area contributed by atoms with Crippen LogP contribution in [0.25, 0.3) is 5.69 Å². The van der Waals surface area contributed by atoms with Crippen molar-refractivity contribution in [2.75, 3.05) is 0 Å². The van der Waals surface area contributed by atoms with Crippen LogP contribution in [0, 0.1) is 5.82 Å². The summed E-state index contributed by atoms with van der Waals surface area (Å²) in [6, 6.07) is 1.58. The normalized spacial score (nSPS) is 15.5. The first kappa shape index (κ1) is 23.8. The fraction of sp³-hybridized carbons (Fsp3) is 0.571. The number of esters is 1. The lowest BCUT2D eigenvalue weighted by atomic mass is 10.1. The van der Waals surface area contributed by atoms with Crippen molar-refractivity contribution in [2.24, 2.45) is 0 Å². The van der Waals surface area contributed by atoms with Crippen LogP contribution in [0.5, 0.6) is 5.75 Å². The van der Waals surface area contributed by atoms with E-state index >= 15 is 4.39 Å². The van der Waals surface area contributed by atoms with Gasteiger partial charge < -0.3 is 9.47 Å². The number of nitrogens with zero attached hydrogens (tertiary/aromatic N) is 3. The molecule has 0 radical (unpaired) electrons. The maximum Gasteiger partial charge on any atom is 0.425 e. The maximum absolute atomic E-state index is 15.0. The van der Waals surface area contributed by atoms with Crippen molar-refractivity contribution in [1.82, 2.24) is 14.3 Å². The van der Waals surface area contributed by atoms with Crippen molar-refractivity contribution >= 4 is 5.97 Å². The van der Waals surface area contributed by atoms with Gasteiger partial charge in [0.25, 0.3) is 0 Å². The quantitative estimate of drug-likeness (QED) is 0.474. The van der Waals surface area contributed by atoms with Gasteiger partial charge in [0, 0.05) is 18.5 Å². The lowest BCUT2D eigenvalue weighted by Crippen LogP contribution is -2.32. The van der Waals surface area contributed by atoms with Crippen molar-refractivity contribution < 1.29 is 31.8 Å². The van der Waals surface area contributed by atoms with E-state index in [0.29, 0.717) is 18.4 Å². The third kappa shape index (κ3) is 4.97. The molecule has 0 spiro atoms. The van der Waals surface area contributed by atoms with Crippen LogP contribution in [0.3, 0.4) is 0 Å². The smallest absolute Gasteiger partial charge is 0.425 e. The molecule has 32 heavy (non-hydrogen) atoms. The van der Waals surface area contributed by atoms with E-state index in [1.54, 1.807) is 27.7 Å². The Hall–Kier alpha value is -2.85. The van der Waals surface area contributed by atoms with Gasteiger partial charge in [-0.05, 0) is 53.5 Å². The van der Waals surface area contributed by atoms with E-state index in [4.69, 9.17) is 9.47 Å². The predicted octanol–water partition coefficient (Wildman–Crippen LogP) is 4.36. The van der Waals surface area contributed by atoms with Gasteiger partial charge in [-0.15, -0.1) is 5.10 Å². The van der Waals surface area contributed by atoms with E-state index in [-0.39, 0.29) is 5.92 Å². The summed E-state index contributed by atoms with van der Waals surface area (Å²) in [5.41, 5.74) is -2.55. The monoisotopic (exact) mass is 459 g/mol. The zero-order valence-corrected chi connectivity index (χ0v) is 18.4. The van der Waals surface area contributed by atoms with Crippen LogP contribution in [0.1, 0.15) is 69.6 Å². The highest BCUT2D eigenvalue weighted by Gasteiger charge is 2.39. The van der Waals surface area contributed by atoms with Crippen LogP contribution in [-0.4, -0.2) is 38.2 Å². The van der Waals surface area contributed by atoms with E-state index < -0.39 is 52.4 Å². The molecule has 1 aromatic heterocycles. The molecule has 1 saturated carbocycles. The zero-order valence-electron chi connectivity index (χ0n) is 18.4. The molecule has 3 rings (SSSR count). The van der Waals surface area contributed by atoms with Gasteiger partial charge in [0.1, 0.15) is 34.2 Å². The summed E-state index contributed by atoms with van der Waals surface area (Å²) < 4.78 is 66.7. The first-order valence-electron chi connectivity index (χ1n) is 10.2. The molecule has 0 amide bonds. The number of halogens is 4. The SMILES string of the molecule is CCn1c(C2CC2)nn(-c2cc(O[C@@H](C)C(F)(F)F)c(C(=O)OC(C)(C)C)cc2F)c1=O. The van der Waals surface area contributed by atoms with Gasteiger partial charge in [-0.1, -0.05) is 0 Å². The van der Waals surface area contributed by atoms with Crippen molar-refractivity contribution in [2.45, 2.75) is 77.8 Å². The molecule has 1 aromatic carbocycles. The first-order chi connectivity index (χ1) is 14.7. The fourth-order valence-corrected chi connectivity index (χ4v) is 3.06. The minimum atomic E-state index is -4.74. The van der Waals surface area contributed by atoms with Gasteiger partial charge in [0.15, 0.2) is 6.10 Å². The number of aromatic nitrogens is 3. The summed E-state index contributed by atoms with van der Waals surface area (Å²) in [4.78, 5) is 25.3. The predicted molar refractivity (Wildman–Crippen MR) is 107 cm³/mol. The Kier molecular flexibility index (Phi) is 6.14. The topological polar surface area (TPSA) is 75.3 Å². The van der Waals surface area contributed by atoms with Gasteiger partial charge >= 0.3 is 17.8 Å². The van der Waals surface area contributed by atoms with Gasteiger partial charge in [-0.2, -0.15) is 17.9 Å². The largest absolute Gasteiger partial charge is 0.480 e. The van der Waals surface area contributed by atoms with E-state index in [1.807, 2.05) is 0 Å². The summed E-state index contributed by atoms with van der Waals surface area (Å²) in [7, 11) is 0. The summed E-state index contributed by atoms with van der Waals surface area (Å²) >= 11 is 0. The molecular weight excluding hydrogens is 434 g/mol. The molecule has 2 aromatic rings. The Morgan fingerprint density at radius 3 is 2.38 bits per heavy atom. The van der Waals surface area contributed by atoms with Gasteiger partial charge in [-0.3, -0.25) is 4.57 Å². The van der Waals surface area contributed by atoms with Crippen LogP contribution in [0.15, 0.2) is 16.9 Å². The Morgan fingerprint density at radius 2 is 1.88 bits per heavy atom. The second-order valence-electron chi connectivity index (χ2n) is 8.67. The molecule has 0 saturated heterocycles. The number of carbonyl (C=O) groups is 1. The second-order valence-corrected chi connectivity index (χ2v) is 8.67. The molecule has 0 unspecified atom stereocenters. The van der Waals surface area contributed by atoms with Gasteiger partial charge in [-0.25, -0.2) is 14.0 Å². The summed E-state index contributed by atoms with van der Waals surface area (Å²) in [6.07, 6.45) is -5.35.